The van der Waals surface area contributed by atoms with E-state index in [1.165, 1.54) is 5.56 Å². The molecule has 26 heavy (non-hydrogen) atoms. The number of benzene rings is 2. The number of anilines is 1. The third-order valence-electron chi connectivity index (χ3n) is 4.46. The lowest BCUT2D eigenvalue weighted by Crippen LogP contribution is -2.23. The number of hydrogen-bond acceptors (Lipinski definition) is 5. The maximum atomic E-state index is 8.88. The lowest BCUT2D eigenvalue weighted by molar-refractivity contribution is 0.110. The molecule has 0 aliphatic carbocycles. The number of nitriles is 1. The molecule has 2 aromatic carbocycles. The fourth-order valence-electron chi connectivity index (χ4n) is 3.16. The topological polar surface area (TPSA) is 67.0 Å². The lowest BCUT2D eigenvalue weighted by Gasteiger charge is -2.23. The Bertz CT molecular complexity index is 941. The summed E-state index contributed by atoms with van der Waals surface area (Å²) in [5.74, 6) is 0. The van der Waals surface area contributed by atoms with Gasteiger partial charge in [0, 0.05) is 12.2 Å². The maximum Gasteiger partial charge on any atom is 0.177 e. The fourth-order valence-corrected chi connectivity index (χ4v) is 3.16. The molecule has 4 rings (SSSR count). The van der Waals surface area contributed by atoms with Gasteiger partial charge in [0.2, 0.25) is 0 Å². The molecule has 130 valence electrons. The Balaban J connectivity index is 1.52. The molecule has 0 saturated carbocycles. The molecule has 0 N–H and O–H groups in total. The fraction of sp³-hybridized carbons (Fsp3) is 0.250. The van der Waals surface area contributed by atoms with Crippen molar-refractivity contribution in [2.75, 3.05) is 18.1 Å². The molecule has 6 nitrogen and oxygen atoms in total. The van der Waals surface area contributed by atoms with Crippen LogP contribution >= 0.6 is 0 Å². The van der Waals surface area contributed by atoms with Crippen molar-refractivity contribution in [2.45, 2.75) is 19.7 Å². The normalized spacial score (nSPS) is 16.6. The number of hydrogen-bond donors (Lipinski definition) is 0. The average Bonchev–Trinajstić information content (AvgIpc) is 3.31. The summed E-state index contributed by atoms with van der Waals surface area (Å²) in [6.45, 7) is 4.19. The van der Waals surface area contributed by atoms with Gasteiger partial charge in [-0.3, -0.25) is 0 Å². The number of aromatic nitrogens is 3. The van der Waals surface area contributed by atoms with Gasteiger partial charge in [0.25, 0.3) is 0 Å². The Kier molecular flexibility index (Phi) is 4.38. The quantitative estimate of drug-likeness (QED) is 0.727. The van der Waals surface area contributed by atoms with E-state index in [0.717, 1.165) is 23.5 Å². The first-order valence-corrected chi connectivity index (χ1v) is 8.57. The summed E-state index contributed by atoms with van der Waals surface area (Å²) in [5.41, 5.74) is 4.88. The second kappa shape index (κ2) is 6.98. The Morgan fingerprint density at radius 3 is 2.85 bits per heavy atom. The first-order valence-electron chi connectivity index (χ1n) is 8.57. The molecule has 3 aromatic rings. The molecule has 1 fully saturated rings. The van der Waals surface area contributed by atoms with Crippen molar-refractivity contribution in [3.63, 3.8) is 0 Å². The van der Waals surface area contributed by atoms with Gasteiger partial charge in [0.1, 0.15) is 5.69 Å². The highest BCUT2D eigenvalue weighted by atomic mass is 16.5. The molecule has 1 aromatic heterocycles. The molecular formula is C20H19N5O. The van der Waals surface area contributed by atoms with Crippen molar-refractivity contribution in [2.24, 2.45) is 0 Å². The zero-order chi connectivity index (χ0) is 17.9. The van der Waals surface area contributed by atoms with Crippen LogP contribution in [0.3, 0.4) is 0 Å². The zero-order valence-electron chi connectivity index (χ0n) is 14.5. The highest BCUT2D eigenvalue weighted by Crippen LogP contribution is 2.31. The highest BCUT2D eigenvalue weighted by molar-refractivity contribution is 5.50. The van der Waals surface area contributed by atoms with E-state index < -0.39 is 0 Å². The molecule has 0 unspecified atom stereocenters. The van der Waals surface area contributed by atoms with E-state index >= 15 is 0 Å². The summed E-state index contributed by atoms with van der Waals surface area (Å²) in [7, 11) is 0. The van der Waals surface area contributed by atoms with Crippen molar-refractivity contribution in [1.29, 1.82) is 5.26 Å². The molecule has 0 amide bonds. The molecule has 1 atom stereocenters. The molecule has 2 heterocycles. The van der Waals surface area contributed by atoms with Crippen LogP contribution in [0.1, 0.15) is 28.6 Å². The van der Waals surface area contributed by atoms with Crippen molar-refractivity contribution in [3.05, 3.63) is 77.1 Å². The SMILES string of the molecule is Cc1cccc(N2CCO[C@@H]2c2cn(Cc3ccc(C#N)cc3)nn2)c1. The van der Waals surface area contributed by atoms with E-state index in [1.54, 1.807) is 4.68 Å². The van der Waals surface area contributed by atoms with Gasteiger partial charge in [0.05, 0.1) is 31.0 Å². The van der Waals surface area contributed by atoms with Crippen LogP contribution in [0.5, 0.6) is 0 Å². The zero-order valence-corrected chi connectivity index (χ0v) is 14.5. The van der Waals surface area contributed by atoms with Crippen LogP contribution in [0.2, 0.25) is 0 Å². The summed E-state index contributed by atoms with van der Waals surface area (Å²) in [4.78, 5) is 2.21. The third kappa shape index (κ3) is 3.30. The van der Waals surface area contributed by atoms with Gasteiger partial charge < -0.3 is 9.64 Å². The standard InChI is InChI=1S/C20H19N5O/c1-15-3-2-4-18(11-15)25-9-10-26-20(25)19-14-24(23-22-19)13-17-7-5-16(12-21)6-8-17/h2-8,11,14,20H,9-10,13H2,1H3/t20-/m1/s1. The van der Waals surface area contributed by atoms with Gasteiger partial charge in [-0.15, -0.1) is 5.10 Å². The monoisotopic (exact) mass is 345 g/mol. The van der Waals surface area contributed by atoms with Crippen molar-refractivity contribution < 1.29 is 4.74 Å². The van der Waals surface area contributed by atoms with Crippen molar-refractivity contribution in [3.8, 4) is 6.07 Å². The van der Waals surface area contributed by atoms with Gasteiger partial charge in [-0.05, 0) is 42.3 Å². The minimum atomic E-state index is -0.216. The minimum absolute atomic E-state index is 0.216. The van der Waals surface area contributed by atoms with Crippen LogP contribution in [-0.4, -0.2) is 28.1 Å². The predicted octanol–water partition coefficient (Wildman–Crippen LogP) is 3.04. The van der Waals surface area contributed by atoms with Crippen LogP contribution in [0.25, 0.3) is 0 Å². The summed E-state index contributed by atoms with van der Waals surface area (Å²) < 4.78 is 7.71. The average molecular weight is 345 g/mol. The van der Waals surface area contributed by atoms with Crippen LogP contribution in [-0.2, 0) is 11.3 Å². The van der Waals surface area contributed by atoms with E-state index in [-0.39, 0.29) is 6.23 Å². The van der Waals surface area contributed by atoms with Gasteiger partial charge >= 0.3 is 0 Å². The van der Waals surface area contributed by atoms with Gasteiger partial charge in [-0.25, -0.2) is 4.68 Å². The minimum Gasteiger partial charge on any atom is -0.350 e. The summed E-state index contributed by atoms with van der Waals surface area (Å²) in [6.07, 6.45) is 1.71. The summed E-state index contributed by atoms with van der Waals surface area (Å²) in [5, 5.41) is 17.4. The molecule has 0 radical (unpaired) electrons. The highest BCUT2D eigenvalue weighted by Gasteiger charge is 2.29. The number of nitrogens with zero attached hydrogens (tertiary/aromatic N) is 5. The molecular weight excluding hydrogens is 326 g/mol. The first-order chi connectivity index (χ1) is 12.7. The van der Waals surface area contributed by atoms with E-state index in [4.69, 9.17) is 10.00 Å². The van der Waals surface area contributed by atoms with Gasteiger partial charge in [0.15, 0.2) is 6.23 Å². The largest absolute Gasteiger partial charge is 0.350 e. The van der Waals surface area contributed by atoms with Gasteiger partial charge in [-0.2, -0.15) is 5.26 Å². The first kappa shape index (κ1) is 16.3. The van der Waals surface area contributed by atoms with Crippen LogP contribution in [0.4, 0.5) is 5.69 Å². The maximum absolute atomic E-state index is 8.88. The van der Waals surface area contributed by atoms with Crippen molar-refractivity contribution in [1.82, 2.24) is 15.0 Å². The molecule has 1 aliphatic heterocycles. The second-order valence-corrected chi connectivity index (χ2v) is 6.41. The third-order valence-corrected chi connectivity index (χ3v) is 4.46. The number of rotatable bonds is 4. The molecule has 1 saturated heterocycles. The van der Waals surface area contributed by atoms with Crippen LogP contribution in [0, 0.1) is 18.3 Å². The second-order valence-electron chi connectivity index (χ2n) is 6.41. The Labute approximate surface area is 152 Å². The van der Waals surface area contributed by atoms with E-state index in [2.05, 4.69) is 52.5 Å². The van der Waals surface area contributed by atoms with Crippen molar-refractivity contribution >= 4 is 5.69 Å². The lowest BCUT2D eigenvalue weighted by atomic mass is 10.1. The predicted molar refractivity (Wildman–Crippen MR) is 97.5 cm³/mol. The van der Waals surface area contributed by atoms with Crippen LogP contribution in [0.15, 0.2) is 54.7 Å². The summed E-state index contributed by atoms with van der Waals surface area (Å²) >= 11 is 0. The molecule has 0 spiro atoms. The smallest absolute Gasteiger partial charge is 0.177 e. The van der Waals surface area contributed by atoms with E-state index in [1.807, 2.05) is 30.5 Å². The molecule has 0 bridgehead atoms. The molecule has 1 aliphatic rings. The Hall–Kier alpha value is -3.17. The Morgan fingerprint density at radius 2 is 2.08 bits per heavy atom. The molecule has 6 heteroatoms. The van der Waals surface area contributed by atoms with Gasteiger partial charge in [-0.1, -0.05) is 29.5 Å². The Morgan fingerprint density at radius 1 is 1.23 bits per heavy atom. The number of aryl methyl sites for hydroxylation is 1. The summed E-state index contributed by atoms with van der Waals surface area (Å²) in [6, 6.07) is 18.0. The number of ether oxygens (including phenoxy) is 1. The van der Waals surface area contributed by atoms with Crippen LogP contribution < -0.4 is 4.90 Å². The van der Waals surface area contributed by atoms with E-state index in [9.17, 15) is 0 Å². The van der Waals surface area contributed by atoms with E-state index in [0.29, 0.717) is 18.7 Å².